The number of halogens is 2. The number of rotatable bonds is 14. The van der Waals surface area contributed by atoms with Gasteiger partial charge in [-0.1, -0.05) is 71.7 Å². The topological polar surface area (TPSA) is 130 Å². The average molecular weight is 609 g/mol. The monoisotopic (exact) mass is 607 g/mol. The minimum atomic E-state index is -1.08. The van der Waals surface area contributed by atoms with Crippen molar-refractivity contribution >= 4 is 35.0 Å². The van der Waals surface area contributed by atoms with Gasteiger partial charge in [0.15, 0.2) is 5.78 Å². The smallest absolute Gasteiger partial charge is 0.314 e. The number of carboxylic acid groups (broad SMARTS) is 1. The van der Waals surface area contributed by atoms with Crippen molar-refractivity contribution in [3.63, 3.8) is 0 Å². The highest BCUT2D eigenvalue weighted by Crippen LogP contribution is 2.24. The number of hydrogen-bond donors (Lipinski definition) is 4. The van der Waals surface area contributed by atoms with Crippen LogP contribution < -0.4 is 16.4 Å². The van der Waals surface area contributed by atoms with Gasteiger partial charge < -0.3 is 21.5 Å². The summed E-state index contributed by atoms with van der Waals surface area (Å²) in [5.41, 5.74) is 9.58. The van der Waals surface area contributed by atoms with Crippen LogP contribution >= 0.6 is 23.2 Å². The molecule has 0 radical (unpaired) electrons. The van der Waals surface area contributed by atoms with Gasteiger partial charge in [0.1, 0.15) is 5.92 Å². The van der Waals surface area contributed by atoms with Crippen LogP contribution in [-0.2, 0) is 31.0 Å². The van der Waals surface area contributed by atoms with Crippen molar-refractivity contribution in [1.82, 2.24) is 20.6 Å². The van der Waals surface area contributed by atoms with Gasteiger partial charge in [0.05, 0.1) is 21.4 Å². The number of nitrogens with one attached hydrogen (secondary N) is 2. The highest BCUT2D eigenvalue weighted by molar-refractivity contribution is 6.42. The van der Waals surface area contributed by atoms with Gasteiger partial charge in [0.25, 0.3) is 0 Å². The number of aliphatic carboxylic acids is 1. The highest BCUT2D eigenvalue weighted by atomic mass is 35.5. The molecule has 5 N–H and O–H groups in total. The highest BCUT2D eigenvalue weighted by Gasteiger charge is 2.26. The van der Waals surface area contributed by atoms with E-state index in [4.69, 9.17) is 28.9 Å². The SMILES string of the molecule is NCc1cccc(Cl)c1Cl.O=C(O)C(CCCNCc1ccccn1)C(=O)c1ccc(CNCc2ccccn2)cc1. The molecule has 42 heavy (non-hydrogen) atoms. The Morgan fingerprint density at radius 3 is 2.00 bits per heavy atom. The van der Waals surface area contributed by atoms with Gasteiger partial charge in [0.2, 0.25) is 0 Å². The molecule has 4 rings (SSSR count). The Balaban J connectivity index is 0.000000408. The largest absolute Gasteiger partial charge is 0.481 e. The maximum absolute atomic E-state index is 12.7. The lowest BCUT2D eigenvalue weighted by Gasteiger charge is -2.12. The summed E-state index contributed by atoms with van der Waals surface area (Å²) in [6.07, 6.45) is 4.37. The van der Waals surface area contributed by atoms with Crippen LogP contribution in [0.5, 0.6) is 0 Å². The van der Waals surface area contributed by atoms with E-state index in [1.807, 2.05) is 60.7 Å². The Kier molecular flexibility index (Phi) is 14.1. The molecule has 0 aliphatic carbocycles. The minimum Gasteiger partial charge on any atom is -0.481 e. The van der Waals surface area contributed by atoms with Crippen LogP contribution in [0.4, 0.5) is 0 Å². The van der Waals surface area contributed by atoms with Crippen molar-refractivity contribution in [1.29, 1.82) is 0 Å². The van der Waals surface area contributed by atoms with Crippen molar-refractivity contribution in [3.05, 3.63) is 129 Å². The van der Waals surface area contributed by atoms with Gasteiger partial charge >= 0.3 is 5.97 Å². The van der Waals surface area contributed by atoms with Crippen molar-refractivity contribution < 1.29 is 14.7 Å². The van der Waals surface area contributed by atoms with Crippen LogP contribution in [0.15, 0.2) is 91.3 Å². The predicted octanol–water partition coefficient (Wildman–Crippen LogP) is 5.67. The minimum absolute atomic E-state index is 0.288. The van der Waals surface area contributed by atoms with E-state index in [0.29, 0.717) is 54.8 Å². The van der Waals surface area contributed by atoms with Gasteiger partial charge in [-0.25, -0.2) is 0 Å². The molecule has 10 heteroatoms. The maximum Gasteiger partial charge on any atom is 0.314 e. The number of carboxylic acids is 1. The zero-order valence-corrected chi connectivity index (χ0v) is 24.7. The van der Waals surface area contributed by atoms with Gasteiger partial charge in [-0.2, -0.15) is 0 Å². The van der Waals surface area contributed by atoms with Crippen LogP contribution in [0.25, 0.3) is 0 Å². The summed E-state index contributed by atoms with van der Waals surface area (Å²) in [6.45, 7) is 2.95. The molecule has 8 nitrogen and oxygen atoms in total. The van der Waals surface area contributed by atoms with E-state index in [-0.39, 0.29) is 12.2 Å². The van der Waals surface area contributed by atoms with Crippen LogP contribution in [-0.4, -0.2) is 33.4 Å². The summed E-state index contributed by atoms with van der Waals surface area (Å²) in [5.74, 6) is -2.48. The van der Waals surface area contributed by atoms with Crippen LogP contribution in [0.2, 0.25) is 10.0 Å². The lowest BCUT2D eigenvalue weighted by molar-refractivity contribution is -0.140. The standard InChI is InChI=1S/C25H28N4O3.C7H7Cl2N/c30-24(23(25(31)32)8-5-13-26-17-21-6-1-3-14-28-21)20-11-9-19(10-12-20)16-27-18-22-7-2-4-15-29-22;8-6-3-1-2-5(4-10)7(6)9/h1-4,6-7,9-12,14-15,23,26-27H,5,8,13,16-18H2,(H,31,32);1-3H,4,10H2. The second-order valence-electron chi connectivity index (χ2n) is 9.43. The Labute approximate surface area is 256 Å². The molecule has 1 atom stereocenters. The first-order valence-electron chi connectivity index (χ1n) is 13.6. The number of ketones is 1. The molecule has 0 saturated heterocycles. The van der Waals surface area contributed by atoms with E-state index in [2.05, 4.69) is 20.6 Å². The van der Waals surface area contributed by atoms with Crippen molar-refractivity contribution in [2.24, 2.45) is 11.7 Å². The van der Waals surface area contributed by atoms with E-state index in [0.717, 1.165) is 22.5 Å². The van der Waals surface area contributed by atoms with E-state index in [1.165, 1.54) is 0 Å². The fourth-order valence-corrected chi connectivity index (χ4v) is 4.45. The maximum atomic E-state index is 12.7. The quantitative estimate of drug-likeness (QED) is 0.0819. The number of aromatic nitrogens is 2. The Morgan fingerprint density at radius 1 is 0.810 bits per heavy atom. The molecule has 0 saturated carbocycles. The number of pyridine rings is 2. The number of Topliss-reactive ketones (excluding diaryl/α,β-unsaturated/α-hetero) is 1. The van der Waals surface area contributed by atoms with Crippen molar-refractivity contribution in [3.8, 4) is 0 Å². The molecule has 0 amide bonds. The number of carbonyl (C=O) groups is 2. The number of nitrogens with zero attached hydrogens (tertiary/aromatic N) is 2. The Morgan fingerprint density at radius 2 is 1.45 bits per heavy atom. The van der Waals surface area contributed by atoms with Crippen LogP contribution in [0.1, 0.15) is 45.7 Å². The third-order valence-corrected chi connectivity index (χ3v) is 7.20. The first-order chi connectivity index (χ1) is 20.4. The van der Waals surface area contributed by atoms with Crippen LogP contribution in [0, 0.1) is 5.92 Å². The van der Waals surface area contributed by atoms with Crippen molar-refractivity contribution in [2.75, 3.05) is 6.54 Å². The van der Waals surface area contributed by atoms with Gasteiger partial charge in [-0.3, -0.25) is 19.6 Å². The Hall–Kier alpha value is -3.66. The molecular weight excluding hydrogens is 573 g/mol. The molecule has 2 heterocycles. The number of carbonyl (C=O) groups excluding carboxylic acids is 1. The normalized spacial score (nSPS) is 11.3. The molecule has 4 aromatic rings. The molecule has 0 spiro atoms. The first-order valence-corrected chi connectivity index (χ1v) is 14.3. The lowest BCUT2D eigenvalue weighted by atomic mass is 9.93. The molecule has 2 aromatic carbocycles. The summed E-state index contributed by atoms with van der Waals surface area (Å²) >= 11 is 11.5. The second-order valence-corrected chi connectivity index (χ2v) is 10.2. The fourth-order valence-electron chi connectivity index (χ4n) is 4.05. The molecule has 0 aliphatic heterocycles. The zero-order chi connectivity index (χ0) is 30.2. The summed E-state index contributed by atoms with van der Waals surface area (Å²) in [6, 6.07) is 24.0. The lowest BCUT2D eigenvalue weighted by Crippen LogP contribution is -2.25. The van der Waals surface area contributed by atoms with Crippen LogP contribution in [0.3, 0.4) is 0 Å². The fraction of sp³-hybridized carbons (Fsp3) is 0.250. The summed E-state index contributed by atoms with van der Waals surface area (Å²) in [5, 5.41) is 17.2. The third kappa shape index (κ3) is 11.0. The van der Waals surface area contributed by atoms with E-state index >= 15 is 0 Å². The molecular formula is C32H35Cl2N5O3. The molecule has 0 aliphatic rings. The molecule has 0 bridgehead atoms. The molecule has 1 unspecified atom stereocenters. The average Bonchev–Trinajstić information content (AvgIpc) is 3.01. The second kappa shape index (κ2) is 18.0. The number of nitrogens with two attached hydrogens (primary N) is 1. The van der Waals surface area contributed by atoms with E-state index in [9.17, 15) is 14.7 Å². The predicted molar refractivity (Wildman–Crippen MR) is 166 cm³/mol. The summed E-state index contributed by atoms with van der Waals surface area (Å²) < 4.78 is 0. The van der Waals surface area contributed by atoms with Gasteiger partial charge in [-0.05, 0) is 60.8 Å². The van der Waals surface area contributed by atoms with Crippen molar-refractivity contribution in [2.45, 2.75) is 39.0 Å². The molecule has 0 fully saturated rings. The number of hydrogen-bond acceptors (Lipinski definition) is 7. The third-order valence-electron chi connectivity index (χ3n) is 6.34. The van der Waals surface area contributed by atoms with E-state index in [1.54, 1.807) is 30.6 Å². The number of benzene rings is 2. The Bertz CT molecular complexity index is 1390. The van der Waals surface area contributed by atoms with Gasteiger partial charge in [0, 0.05) is 44.1 Å². The van der Waals surface area contributed by atoms with Gasteiger partial charge in [-0.15, -0.1) is 0 Å². The first kappa shape index (κ1) is 32.8. The molecule has 220 valence electrons. The van der Waals surface area contributed by atoms with E-state index < -0.39 is 11.9 Å². The summed E-state index contributed by atoms with van der Waals surface area (Å²) in [4.78, 5) is 32.9. The summed E-state index contributed by atoms with van der Waals surface area (Å²) in [7, 11) is 0. The molecule has 2 aromatic heterocycles. The zero-order valence-electron chi connectivity index (χ0n) is 23.2.